The molecular weight excluding hydrogens is 533 g/mol. The summed E-state index contributed by atoms with van der Waals surface area (Å²) < 4.78 is 9.21. The largest absolute Gasteiger partial charge is 0.491 e. The van der Waals surface area contributed by atoms with E-state index in [1.54, 1.807) is 0 Å². The minimum atomic E-state index is 0.240. The zero-order valence-corrected chi connectivity index (χ0v) is 14.4. The van der Waals surface area contributed by atoms with Crippen LogP contribution in [-0.2, 0) is 0 Å². The lowest BCUT2D eigenvalue weighted by Crippen LogP contribution is -2.02. The van der Waals surface area contributed by atoms with Gasteiger partial charge in [0.25, 0.3) is 0 Å². The first-order valence-corrected chi connectivity index (χ1v) is 7.77. The van der Waals surface area contributed by atoms with Crippen molar-refractivity contribution in [2.45, 2.75) is 12.8 Å². The van der Waals surface area contributed by atoms with E-state index in [1.165, 1.54) is 3.57 Å². The Labute approximate surface area is 131 Å². The molecule has 0 fully saturated rings. The van der Waals surface area contributed by atoms with E-state index in [0.717, 1.165) is 25.7 Å². The minimum Gasteiger partial charge on any atom is -0.491 e. The predicted molar refractivity (Wildman–Crippen MR) is 86.4 cm³/mol. The monoisotopic (exact) mass is 544 g/mol. The topological polar surface area (TPSA) is 29.5 Å². The van der Waals surface area contributed by atoms with Crippen molar-refractivity contribution in [2.75, 3.05) is 13.2 Å². The van der Waals surface area contributed by atoms with Crippen LogP contribution in [0.2, 0.25) is 0 Å². The molecule has 0 saturated carbocycles. The average molecular weight is 544 g/mol. The lowest BCUT2D eigenvalue weighted by molar-refractivity contribution is 0.251. The predicted octanol–water partition coefficient (Wildman–Crippen LogP) is 3.65. The summed E-state index contributed by atoms with van der Waals surface area (Å²) in [6, 6.07) is 4.20. The summed E-state index contributed by atoms with van der Waals surface area (Å²) in [5.41, 5.74) is 0. The molecule has 0 aliphatic heterocycles. The molecule has 0 aromatic heterocycles. The molecule has 84 valence electrons. The Kier molecular flexibility index (Phi) is 7.10. The van der Waals surface area contributed by atoms with Gasteiger partial charge in [0.2, 0.25) is 0 Å². The number of hydrogen-bond donors (Lipinski definition) is 1. The Hall–Kier alpha value is 1.17. The highest BCUT2D eigenvalue weighted by atomic mass is 127. The molecule has 0 bridgehead atoms. The summed E-state index contributed by atoms with van der Waals surface area (Å²) in [6.07, 6.45) is 1.70. The molecule has 0 aliphatic rings. The maximum atomic E-state index is 8.65. The third kappa shape index (κ3) is 4.90. The van der Waals surface area contributed by atoms with Gasteiger partial charge in [0.15, 0.2) is 0 Å². The SMILES string of the molecule is OCCCCOc1c(I)cc(I)cc1I. The van der Waals surface area contributed by atoms with Crippen LogP contribution < -0.4 is 4.74 Å². The normalized spacial score (nSPS) is 10.4. The van der Waals surface area contributed by atoms with Crippen molar-refractivity contribution in [2.24, 2.45) is 0 Å². The molecule has 5 heteroatoms. The van der Waals surface area contributed by atoms with Gasteiger partial charge < -0.3 is 9.84 Å². The first-order chi connectivity index (χ1) is 7.15. The van der Waals surface area contributed by atoms with Crippen molar-refractivity contribution in [3.63, 3.8) is 0 Å². The van der Waals surface area contributed by atoms with Gasteiger partial charge in [-0.25, -0.2) is 0 Å². The molecule has 0 saturated heterocycles. The Balaban J connectivity index is 2.60. The van der Waals surface area contributed by atoms with Crippen molar-refractivity contribution in [1.82, 2.24) is 0 Å². The summed E-state index contributed by atoms with van der Waals surface area (Å²) >= 11 is 6.88. The van der Waals surface area contributed by atoms with E-state index in [1.807, 2.05) is 0 Å². The third-order valence-electron chi connectivity index (χ3n) is 1.76. The molecule has 0 spiro atoms. The van der Waals surface area contributed by atoms with Crippen LogP contribution in [0.5, 0.6) is 5.75 Å². The van der Waals surface area contributed by atoms with Gasteiger partial charge in [-0.1, -0.05) is 0 Å². The van der Waals surface area contributed by atoms with Crippen LogP contribution in [0.15, 0.2) is 12.1 Å². The number of aliphatic hydroxyl groups excluding tert-OH is 1. The van der Waals surface area contributed by atoms with Crippen molar-refractivity contribution in [3.05, 3.63) is 22.8 Å². The maximum absolute atomic E-state index is 8.65. The van der Waals surface area contributed by atoms with Gasteiger partial charge in [-0.3, -0.25) is 0 Å². The van der Waals surface area contributed by atoms with Gasteiger partial charge in [-0.2, -0.15) is 0 Å². The maximum Gasteiger partial charge on any atom is 0.145 e. The first-order valence-electron chi connectivity index (χ1n) is 4.53. The second-order valence-corrected chi connectivity index (χ2v) is 6.55. The number of aliphatic hydroxyl groups is 1. The van der Waals surface area contributed by atoms with Crippen LogP contribution >= 0.6 is 67.8 Å². The van der Waals surface area contributed by atoms with E-state index < -0.39 is 0 Å². The van der Waals surface area contributed by atoms with Gasteiger partial charge in [0, 0.05) is 10.2 Å². The molecule has 1 aromatic rings. The third-order valence-corrected chi connectivity index (χ3v) is 3.99. The summed E-state index contributed by atoms with van der Waals surface area (Å²) in [6.45, 7) is 0.914. The molecule has 1 rings (SSSR count). The fraction of sp³-hybridized carbons (Fsp3) is 0.400. The molecule has 0 radical (unpaired) electrons. The molecule has 1 N–H and O–H groups in total. The highest BCUT2D eigenvalue weighted by Gasteiger charge is 2.07. The van der Waals surface area contributed by atoms with E-state index >= 15 is 0 Å². The Bertz CT molecular complexity index is 305. The molecular formula is C10H11I3O2. The zero-order chi connectivity index (χ0) is 11.3. The highest BCUT2D eigenvalue weighted by molar-refractivity contribution is 14.1. The highest BCUT2D eigenvalue weighted by Crippen LogP contribution is 2.29. The van der Waals surface area contributed by atoms with Crippen molar-refractivity contribution < 1.29 is 9.84 Å². The van der Waals surface area contributed by atoms with Gasteiger partial charge in [0.05, 0.1) is 13.7 Å². The number of halogens is 3. The lowest BCUT2D eigenvalue weighted by atomic mass is 10.3. The Morgan fingerprint density at radius 2 is 1.67 bits per heavy atom. The van der Waals surface area contributed by atoms with Crippen LogP contribution in [-0.4, -0.2) is 18.3 Å². The number of rotatable bonds is 5. The van der Waals surface area contributed by atoms with Crippen LogP contribution in [0.25, 0.3) is 0 Å². The molecule has 0 amide bonds. The van der Waals surface area contributed by atoms with Crippen LogP contribution in [0, 0.1) is 10.7 Å². The number of unbranched alkanes of at least 4 members (excludes halogenated alkanes) is 1. The standard InChI is InChI=1S/C10H11I3O2/c11-7-5-8(12)10(9(13)6-7)15-4-2-1-3-14/h5-6,14H,1-4H2. The smallest absolute Gasteiger partial charge is 0.145 e. The van der Waals surface area contributed by atoms with Gasteiger partial charge in [-0.05, 0) is 92.7 Å². The number of hydrogen-bond acceptors (Lipinski definition) is 2. The first kappa shape index (κ1) is 14.2. The van der Waals surface area contributed by atoms with E-state index in [2.05, 4.69) is 79.9 Å². The van der Waals surface area contributed by atoms with Crippen LogP contribution in [0.1, 0.15) is 12.8 Å². The lowest BCUT2D eigenvalue weighted by Gasteiger charge is -2.10. The van der Waals surface area contributed by atoms with E-state index in [9.17, 15) is 0 Å². The molecule has 2 nitrogen and oxygen atoms in total. The van der Waals surface area contributed by atoms with Gasteiger partial charge in [-0.15, -0.1) is 0 Å². The average Bonchev–Trinajstić information content (AvgIpc) is 2.15. The number of ether oxygens (including phenoxy) is 1. The molecule has 1 aromatic carbocycles. The summed E-state index contributed by atoms with van der Waals surface area (Å²) in [7, 11) is 0. The second-order valence-electron chi connectivity index (χ2n) is 2.98. The van der Waals surface area contributed by atoms with E-state index in [0.29, 0.717) is 6.61 Å². The Morgan fingerprint density at radius 1 is 1.07 bits per heavy atom. The van der Waals surface area contributed by atoms with Crippen molar-refractivity contribution in [1.29, 1.82) is 0 Å². The van der Waals surface area contributed by atoms with Gasteiger partial charge in [0.1, 0.15) is 5.75 Å². The molecule has 15 heavy (non-hydrogen) atoms. The minimum absolute atomic E-state index is 0.240. The fourth-order valence-electron chi connectivity index (χ4n) is 1.05. The molecule has 0 unspecified atom stereocenters. The van der Waals surface area contributed by atoms with Gasteiger partial charge >= 0.3 is 0 Å². The van der Waals surface area contributed by atoms with Crippen LogP contribution in [0.3, 0.4) is 0 Å². The summed E-state index contributed by atoms with van der Waals surface area (Å²) in [5, 5.41) is 8.65. The Morgan fingerprint density at radius 3 is 2.20 bits per heavy atom. The second kappa shape index (κ2) is 7.49. The van der Waals surface area contributed by atoms with Crippen molar-refractivity contribution >= 4 is 67.8 Å². The van der Waals surface area contributed by atoms with E-state index in [4.69, 9.17) is 9.84 Å². The zero-order valence-electron chi connectivity index (χ0n) is 7.97. The summed E-state index contributed by atoms with van der Waals surface area (Å²) in [4.78, 5) is 0. The molecule has 0 aliphatic carbocycles. The molecule has 0 atom stereocenters. The van der Waals surface area contributed by atoms with Crippen molar-refractivity contribution in [3.8, 4) is 5.75 Å². The number of benzene rings is 1. The quantitative estimate of drug-likeness (QED) is 0.454. The fourth-order valence-corrected chi connectivity index (χ4v) is 4.95. The van der Waals surface area contributed by atoms with Crippen LogP contribution in [0.4, 0.5) is 0 Å². The van der Waals surface area contributed by atoms with E-state index in [-0.39, 0.29) is 6.61 Å². The molecule has 0 heterocycles. The summed E-state index contributed by atoms with van der Waals surface area (Å²) in [5.74, 6) is 0.967.